The number of hydrogen-bond acceptors (Lipinski definition) is 7. The highest BCUT2D eigenvalue weighted by atomic mass is 32.2. The highest BCUT2D eigenvalue weighted by Gasteiger charge is 2.18. The lowest BCUT2D eigenvalue weighted by molar-refractivity contribution is -0.115. The van der Waals surface area contributed by atoms with E-state index in [1.54, 1.807) is 37.3 Å². The minimum Gasteiger partial charge on any atom is -0.357 e. The Kier molecular flexibility index (Phi) is 6.14. The average Bonchev–Trinajstić information content (AvgIpc) is 3.00. The number of rotatable bonds is 7. The van der Waals surface area contributed by atoms with Crippen LogP contribution in [0.5, 0.6) is 0 Å². The van der Waals surface area contributed by atoms with E-state index in [0.717, 1.165) is 0 Å². The van der Waals surface area contributed by atoms with Gasteiger partial charge in [-0.1, -0.05) is 41.3 Å². The molecule has 0 aliphatic rings. The third-order valence-corrected chi connectivity index (χ3v) is 4.82. The van der Waals surface area contributed by atoms with Crippen molar-refractivity contribution in [1.29, 1.82) is 5.26 Å². The number of nitrogens with one attached hydrogen (secondary N) is 2. The number of carbonyl (C=O) groups is 1. The molecule has 118 valence electrons. The number of anilines is 2. The van der Waals surface area contributed by atoms with E-state index in [1.807, 2.05) is 0 Å². The van der Waals surface area contributed by atoms with Crippen molar-refractivity contribution in [2.45, 2.75) is 16.5 Å². The molecule has 1 atom stereocenters. The fourth-order valence-corrected chi connectivity index (χ4v) is 3.52. The molecule has 0 radical (unpaired) electrons. The summed E-state index contributed by atoms with van der Waals surface area (Å²) in [5.74, 6) is -0.187. The SMILES string of the molecule is C=CCNc1nnc(S[C@H](C)C(=O)Nc2ccccc2C#N)s1. The van der Waals surface area contributed by atoms with E-state index < -0.39 is 0 Å². The minimum atomic E-state index is -0.359. The zero-order valence-electron chi connectivity index (χ0n) is 12.4. The summed E-state index contributed by atoms with van der Waals surface area (Å²) in [5.41, 5.74) is 0.947. The molecule has 1 amide bonds. The van der Waals surface area contributed by atoms with Gasteiger partial charge in [0.2, 0.25) is 11.0 Å². The number of thioether (sulfide) groups is 1. The largest absolute Gasteiger partial charge is 0.357 e. The zero-order valence-corrected chi connectivity index (χ0v) is 14.1. The number of aromatic nitrogens is 2. The van der Waals surface area contributed by atoms with Crippen LogP contribution >= 0.6 is 23.1 Å². The van der Waals surface area contributed by atoms with Gasteiger partial charge in [0.15, 0.2) is 4.34 Å². The molecule has 2 rings (SSSR count). The number of para-hydroxylation sites is 1. The van der Waals surface area contributed by atoms with Gasteiger partial charge >= 0.3 is 0 Å². The van der Waals surface area contributed by atoms with Crippen LogP contribution in [0.2, 0.25) is 0 Å². The van der Waals surface area contributed by atoms with E-state index in [1.165, 1.54) is 23.1 Å². The van der Waals surface area contributed by atoms with Gasteiger partial charge in [0, 0.05) is 6.54 Å². The Labute approximate surface area is 142 Å². The van der Waals surface area contributed by atoms with Crippen LogP contribution < -0.4 is 10.6 Å². The van der Waals surface area contributed by atoms with Crippen LogP contribution in [0.1, 0.15) is 12.5 Å². The summed E-state index contributed by atoms with van der Waals surface area (Å²) in [6, 6.07) is 8.95. The molecular weight excluding hydrogens is 330 g/mol. The van der Waals surface area contributed by atoms with Crippen molar-refractivity contribution in [3.8, 4) is 6.07 Å². The van der Waals surface area contributed by atoms with Crippen LogP contribution in [0.25, 0.3) is 0 Å². The molecular formula is C15H15N5OS2. The average molecular weight is 345 g/mol. The molecule has 0 saturated carbocycles. The number of nitrogens with zero attached hydrogens (tertiary/aromatic N) is 3. The maximum Gasteiger partial charge on any atom is 0.237 e. The Hall–Kier alpha value is -2.37. The van der Waals surface area contributed by atoms with Crippen LogP contribution in [0.4, 0.5) is 10.8 Å². The van der Waals surface area contributed by atoms with Crippen LogP contribution in [0.15, 0.2) is 41.3 Å². The van der Waals surface area contributed by atoms with Crippen molar-refractivity contribution in [2.24, 2.45) is 0 Å². The summed E-state index contributed by atoms with van der Waals surface area (Å²) in [6.07, 6.45) is 1.73. The van der Waals surface area contributed by atoms with Crippen molar-refractivity contribution < 1.29 is 4.79 Å². The van der Waals surface area contributed by atoms with E-state index in [9.17, 15) is 4.79 Å². The first kappa shape index (κ1) is 17.0. The molecule has 2 N–H and O–H groups in total. The molecule has 1 heterocycles. The third kappa shape index (κ3) is 4.81. The van der Waals surface area contributed by atoms with Crippen molar-refractivity contribution >= 4 is 39.8 Å². The Morgan fingerprint density at radius 2 is 2.30 bits per heavy atom. The van der Waals surface area contributed by atoms with Gasteiger partial charge in [0.25, 0.3) is 0 Å². The standard InChI is InChI=1S/C15H15N5OS2/c1-3-8-17-14-19-20-15(23-14)22-10(2)13(21)18-12-7-5-4-6-11(12)9-16/h3-7,10H,1,8H2,2H3,(H,17,19)(H,18,21)/t10-/m1/s1. The Morgan fingerprint density at radius 3 is 3.04 bits per heavy atom. The first-order chi connectivity index (χ1) is 11.1. The maximum absolute atomic E-state index is 12.2. The van der Waals surface area contributed by atoms with Crippen LogP contribution in [-0.4, -0.2) is 27.9 Å². The predicted molar refractivity (Wildman–Crippen MR) is 93.7 cm³/mol. The number of hydrogen-bond donors (Lipinski definition) is 2. The lowest BCUT2D eigenvalue weighted by Gasteiger charge is -2.11. The molecule has 0 fully saturated rings. The van der Waals surface area contributed by atoms with Crippen molar-refractivity contribution in [2.75, 3.05) is 17.2 Å². The molecule has 0 spiro atoms. The first-order valence-electron chi connectivity index (χ1n) is 6.79. The van der Waals surface area contributed by atoms with Gasteiger partial charge in [-0.3, -0.25) is 4.79 Å². The molecule has 1 aromatic heterocycles. The number of amides is 1. The summed E-state index contributed by atoms with van der Waals surface area (Å²) in [5, 5.41) is 23.2. The second-order valence-corrected chi connectivity index (χ2v) is 7.01. The normalized spacial score (nSPS) is 11.3. The lowest BCUT2D eigenvalue weighted by Crippen LogP contribution is -2.22. The van der Waals surface area contributed by atoms with Crippen LogP contribution in [0, 0.1) is 11.3 Å². The molecule has 2 aromatic rings. The molecule has 8 heteroatoms. The second kappa shape index (κ2) is 8.31. The van der Waals surface area contributed by atoms with E-state index >= 15 is 0 Å². The molecule has 0 saturated heterocycles. The highest BCUT2D eigenvalue weighted by Crippen LogP contribution is 2.29. The first-order valence-corrected chi connectivity index (χ1v) is 8.48. The summed E-state index contributed by atoms with van der Waals surface area (Å²) >= 11 is 2.70. The fourth-order valence-electron chi connectivity index (χ4n) is 1.62. The molecule has 6 nitrogen and oxygen atoms in total. The monoisotopic (exact) mass is 345 g/mol. The van der Waals surface area contributed by atoms with Gasteiger partial charge in [0.1, 0.15) is 6.07 Å². The van der Waals surface area contributed by atoms with Crippen LogP contribution in [0.3, 0.4) is 0 Å². The summed E-state index contributed by atoms with van der Waals surface area (Å²) < 4.78 is 0.702. The quantitative estimate of drug-likeness (QED) is 0.592. The van der Waals surface area contributed by atoms with E-state index in [0.29, 0.717) is 27.3 Å². The number of nitriles is 1. The minimum absolute atomic E-state index is 0.187. The molecule has 0 unspecified atom stereocenters. The number of carbonyl (C=O) groups excluding carboxylic acids is 1. The Balaban J connectivity index is 1.96. The van der Waals surface area contributed by atoms with Crippen LogP contribution in [-0.2, 0) is 4.79 Å². The summed E-state index contributed by atoms with van der Waals surface area (Å²) in [4.78, 5) is 12.2. The summed E-state index contributed by atoms with van der Waals surface area (Å²) in [6.45, 7) is 6.02. The van der Waals surface area contributed by atoms with Crippen molar-refractivity contribution in [3.63, 3.8) is 0 Å². The fraction of sp³-hybridized carbons (Fsp3) is 0.200. The van der Waals surface area contributed by atoms with Gasteiger partial charge < -0.3 is 10.6 Å². The third-order valence-electron chi connectivity index (χ3n) is 2.76. The molecule has 23 heavy (non-hydrogen) atoms. The number of benzene rings is 1. The lowest BCUT2D eigenvalue weighted by atomic mass is 10.2. The van der Waals surface area contributed by atoms with E-state index in [4.69, 9.17) is 5.26 Å². The van der Waals surface area contributed by atoms with Gasteiger partial charge in [0.05, 0.1) is 16.5 Å². The van der Waals surface area contributed by atoms with Crippen molar-refractivity contribution in [1.82, 2.24) is 10.2 Å². The van der Waals surface area contributed by atoms with Gasteiger partial charge in [-0.25, -0.2) is 0 Å². The predicted octanol–water partition coefficient (Wildman–Crippen LogP) is 3.13. The maximum atomic E-state index is 12.2. The summed E-state index contributed by atoms with van der Waals surface area (Å²) in [7, 11) is 0. The highest BCUT2D eigenvalue weighted by molar-refractivity contribution is 8.02. The topological polar surface area (TPSA) is 90.7 Å². The van der Waals surface area contributed by atoms with Gasteiger partial charge in [-0.2, -0.15) is 5.26 Å². The van der Waals surface area contributed by atoms with Gasteiger partial charge in [-0.05, 0) is 19.1 Å². The molecule has 0 aliphatic heterocycles. The van der Waals surface area contributed by atoms with Crippen molar-refractivity contribution in [3.05, 3.63) is 42.5 Å². The van der Waals surface area contributed by atoms with E-state index in [2.05, 4.69) is 33.5 Å². The van der Waals surface area contributed by atoms with E-state index in [-0.39, 0.29) is 11.2 Å². The molecule has 0 bridgehead atoms. The Morgan fingerprint density at radius 1 is 1.52 bits per heavy atom. The second-order valence-electron chi connectivity index (χ2n) is 4.45. The Bertz CT molecular complexity index is 737. The zero-order chi connectivity index (χ0) is 16.7. The molecule has 0 aliphatic carbocycles. The smallest absolute Gasteiger partial charge is 0.237 e. The van der Waals surface area contributed by atoms with Gasteiger partial charge in [-0.15, -0.1) is 16.8 Å². The molecule has 1 aromatic carbocycles.